The Labute approximate surface area is 179 Å². The van der Waals surface area contributed by atoms with Gasteiger partial charge in [-0.3, -0.25) is 5.84 Å². The van der Waals surface area contributed by atoms with Gasteiger partial charge in [0.25, 0.3) is 0 Å². The molecule has 4 rings (SSSR count). The number of halogens is 2. The molecular weight excluding hydrogens is 407 g/mol. The van der Waals surface area contributed by atoms with Crippen molar-refractivity contribution in [3.8, 4) is 11.1 Å². The minimum atomic E-state index is 0.223. The Morgan fingerprint density at radius 1 is 1.17 bits per heavy atom. The first kappa shape index (κ1) is 19.8. The van der Waals surface area contributed by atoms with Gasteiger partial charge in [-0.1, -0.05) is 41.4 Å². The average molecular weight is 429 g/mol. The van der Waals surface area contributed by atoms with Crippen molar-refractivity contribution in [3.05, 3.63) is 64.7 Å². The molecule has 6 nitrogen and oxygen atoms in total. The Kier molecular flexibility index (Phi) is 5.76. The van der Waals surface area contributed by atoms with Crippen molar-refractivity contribution in [3.63, 3.8) is 0 Å². The van der Waals surface area contributed by atoms with Crippen molar-refractivity contribution >= 4 is 39.9 Å². The number of fused-ring (bicyclic) bond motifs is 1. The first-order chi connectivity index (χ1) is 14.1. The number of hydrazine groups is 1. The number of nitrogens with zero attached hydrogens (tertiary/aromatic N) is 3. The third-order valence-corrected chi connectivity index (χ3v) is 6.12. The number of aromatic nitrogens is 2. The minimum absolute atomic E-state index is 0.223. The zero-order chi connectivity index (χ0) is 20.4. The fourth-order valence-corrected chi connectivity index (χ4v) is 4.26. The van der Waals surface area contributed by atoms with Crippen LogP contribution in [0.15, 0.2) is 54.6 Å². The number of anilines is 1. The molecule has 2 aromatic carbocycles. The lowest BCUT2D eigenvalue weighted by atomic mass is 9.94. The number of piperidine rings is 1. The number of rotatable bonds is 4. The summed E-state index contributed by atoms with van der Waals surface area (Å²) in [5, 5.41) is 2.04. The second-order valence-corrected chi connectivity index (χ2v) is 7.89. The predicted octanol–water partition coefficient (Wildman–Crippen LogP) is 4.08. The largest absolute Gasteiger partial charge is 0.403 e. The number of benzene rings is 2. The predicted molar refractivity (Wildman–Crippen MR) is 120 cm³/mol. The van der Waals surface area contributed by atoms with Gasteiger partial charge in [0.1, 0.15) is 12.1 Å². The lowest BCUT2D eigenvalue weighted by molar-refractivity contribution is 0.443. The molecular formula is C21H22Cl2N6. The highest BCUT2D eigenvalue weighted by Gasteiger charge is 2.25. The normalized spacial score (nSPS) is 17.6. The summed E-state index contributed by atoms with van der Waals surface area (Å²) >= 11 is 12.4. The smallest absolute Gasteiger partial charge is 0.140 e. The average Bonchev–Trinajstić information content (AvgIpc) is 2.76. The van der Waals surface area contributed by atoms with E-state index in [2.05, 4.69) is 26.4 Å². The molecule has 0 amide bonds. The first-order valence-electron chi connectivity index (χ1n) is 9.45. The van der Waals surface area contributed by atoms with Gasteiger partial charge in [0.15, 0.2) is 0 Å². The zero-order valence-corrected chi connectivity index (χ0v) is 17.3. The van der Waals surface area contributed by atoms with E-state index in [1.807, 2.05) is 30.3 Å². The molecule has 0 radical (unpaired) electrons. The Bertz CT molecular complexity index is 1060. The van der Waals surface area contributed by atoms with E-state index in [4.69, 9.17) is 34.8 Å². The van der Waals surface area contributed by atoms with Crippen molar-refractivity contribution in [1.29, 1.82) is 0 Å². The van der Waals surface area contributed by atoms with Crippen LogP contribution < -0.4 is 21.9 Å². The molecule has 1 aliphatic heterocycles. The van der Waals surface area contributed by atoms with E-state index in [1.165, 1.54) is 0 Å². The summed E-state index contributed by atoms with van der Waals surface area (Å²) in [7, 11) is 0. The molecule has 0 aliphatic carbocycles. The highest BCUT2D eigenvalue weighted by molar-refractivity contribution is 6.42. The van der Waals surface area contributed by atoms with E-state index < -0.39 is 0 Å². The Morgan fingerprint density at radius 3 is 2.79 bits per heavy atom. The fraction of sp³-hybridized carbons (Fsp3) is 0.238. The number of nitrogens with one attached hydrogen (secondary N) is 1. The van der Waals surface area contributed by atoms with Gasteiger partial charge in [-0.15, -0.1) is 0 Å². The van der Waals surface area contributed by atoms with Gasteiger partial charge in [0, 0.05) is 30.9 Å². The maximum atomic E-state index is 6.28. The SMILES string of the molecule is N/C=C(\NN)C1CCCN(c2ncnc3cccc(-c4ccc(Cl)c(Cl)c4)c23)C1. The Hall–Kier alpha value is -2.54. The lowest BCUT2D eigenvalue weighted by Crippen LogP contribution is -2.40. The third kappa shape index (κ3) is 3.83. The van der Waals surface area contributed by atoms with Crippen LogP contribution in [0.4, 0.5) is 5.82 Å². The number of hydrogen-bond donors (Lipinski definition) is 3. The van der Waals surface area contributed by atoms with Crippen LogP contribution in [0.1, 0.15) is 12.8 Å². The van der Waals surface area contributed by atoms with E-state index in [1.54, 1.807) is 12.5 Å². The highest BCUT2D eigenvalue weighted by Crippen LogP contribution is 2.37. The molecule has 1 aromatic heterocycles. The molecule has 0 spiro atoms. The van der Waals surface area contributed by atoms with Gasteiger partial charge in [-0.25, -0.2) is 9.97 Å². The molecule has 1 fully saturated rings. The summed E-state index contributed by atoms with van der Waals surface area (Å²) < 4.78 is 0. The maximum Gasteiger partial charge on any atom is 0.140 e. The topological polar surface area (TPSA) is 93.1 Å². The van der Waals surface area contributed by atoms with Crippen molar-refractivity contribution in [2.45, 2.75) is 12.8 Å². The molecule has 1 saturated heterocycles. The van der Waals surface area contributed by atoms with E-state index in [-0.39, 0.29) is 5.92 Å². The summed E-state index contributed by atoms with van der Waals surface area (Å²) in [5.41, 5.74) is 12.2. The second kappa shape index (κ2) is 8.45. The second-order valence-electron chi connectivity index (χ2n) is 7.08. The highest BCUT2D eigenvalue weighted by atomic mass is 35.5. The van der Waals surface area contributed by atoms with Gasteiger partial charge in [-0.2, -0.15) is 0 Å². The maximum absolute atomic E-state index is 6.28. The van der Waals surface area contributed by atoms with Crippen LogP contribution in [0.3, 0.4) is 0 Å². The van der Waals surface area contributed by atoms with Crippen molar-refractivity contribution in [2.75, 3.05) is 18.0 Å². The van der Waals surface area contributed by atoms with Crippen molar-refractivity contribution < 1.29 is 0 Å². The monoisotopic (exact) mass is 428 g/mol. The summed E-state index contributed by atoms with van der Waals surface area (Å²) in [6, 6.07) is 11.7. The van der Waals surface area contributed by atoms with Crippen LogP contribution in [-0.2, 0) is 0 Å². The Balaban J connectivity index is 1.82. The van der Waals surface area contributed by atoms with Crippen LogP contribution >= 0.6 is 23.2 Å². The minimum Gasteiger partial charge on any atom is -0.403 e. The third-order valence-electron chi connectivity index (χ3n) is 5.38. The summed E-state index contributed by atoms with van der Waals surface area (Å²) in [6.45, 7) is 1.68. The molecule has 1 aliphatic rings. The number of hydrogen-bond acceptors (Lipinski definition) is 6. The van der Waals surface area contributed by atoms with E-state index in [0.29, 0.717) is 10.0 Å². The van der Waals surface area contributed by atoms with Crippen LogP contribution in [0.5, 0.6) is 0 Å². The van der Waals surface area contributed by atoms with Crippen molar-refractivity contribution in [2.24, 2.45) is 17.5 Å². The molecule has 2 heterocycles. The number of nitrogens with two attached hydrogens (primary N) is 2. The molecule has 0 bridgehead atoms. The van der Waals surface area contributed by atoms with Crippen LogP contribution in [0.2, 0.25) is 10.0 Å². The summed E-state index contributed by atoms with van der Waals surface area (Å²) in [4.78, 5) is 11.4. The van der Waals surface area contributed by atoms with Crippen LogP contribution in [0, 0.1) is 5.92 Å². The van der Waals surface area contributed by atoms with Crippen LogP contribution in [-0.4, -0.2) is 23.1 Å². The van der Waals surface area contributed by atoms with Gasteiger partial charge in [-0.05, 0) is 42.2 Å². The van der Waals surface area contributed by atoms with Crippen molar-refractivity contribution in [1.82, 2.24) is 15.4 Å². The summed E-state index contributed by atoms with van der Waals surface area (Å²) in [5.74, 6) is 6.77. The Morgan fingerprint density at radius 2 is 2.03 bits per heavy atom. The van der Waals surface area contributed by atoms with E-state index >= 15 is 0 Å². The van der Waals surface area contributed by atoms with E-state index in [0.717, 1.165) is 59.5 Å². The fourth-order valence-electron chi connectivity index (χ4n) is 3.96. The summed E-state index contributed by atoms with van der Waals surface area (Å²) in [6.07, 6.45) is 5.20. The molecule has 3 aromatic rings. The molecule has 1 atom stereocenters. The molecule has 29 heavy (non-hydrogen) atoms. The van der Waals surface area contributed by atoms with Crippen LogP contribution in [0.25, 0.3) is 22.0 Å². The quantitative estimate of drug-likeness (QED) is 0.428. The van der Waals surface area contributed by atoms with Gasteiger partial charge in [0.2, 0.25) is 0 Å². The molecule has 150 valence electrons. The first-order valence-corrected chi connectivity index (χ1v) is 10.2. The van der Waals surface area contributed by atoms with Gasteiger partial charge in [0.05, 0.1) is 20.9 Å². The molecule has 0 saturated carbocycles. The standard InChI is InChI=1S/C21H22Cl2N6/c22-16-7-6-13(9-17(16)23)15-4-1-5-18-20(15)21(27-12-26-18)29-8-2-3-14(11-29)19(10-24)28-25/h1,4-7,9-10,12,14,28H,2-3,8,11,24-25H2/b19-10-. The molecule has 8 heteroatoms. The lowest BCUT2D eigenvalue weighted by Gasteiger charge is -2.35. The molecule has 5 N–H and O–H groups in total. The van der Waals surface area contributed by atoms with E-state index in [9.17, 15) is 0 Å². The molecule has 1 unspecified atom stereocenters. The van der Waals surface area contributed by atoms with Gasteiger partial charge >= 0.3 is 0 Å². The van der Waals surface area contributed by atoms with Gasteiger partial charge < -0.3 is 16.1 Å². The zero-order valence-electron chi connectivity index (χ0n) is 15.8.